The Hall–Kier alpha value is -2.48. The molecule has 1 aliphatic rings. The average Bonchev–Trinajstić information content (AvgIpc) is 3.14. The highest BCUT2D eigenvalue weighted by molar-refractivity contribution is 6.34. The lowest BCUT2D eigenvalue weighted by Gasteiger charge is -2.33. The largest absolute Gasteiger partial charge is 0.481 e. The van der Waals surface area contributed by atoms with Crippen molar-refractivity contribution in [3.8, 4) is 5.69 Å². The van der Waals surface area contributed by atoms with Crippen molar-refractivity contribution in [3.63, 3.8) is 0 Å². The summed E-state index contributed by atoms with van der Waals surface area (Å²) in [6.07, 6.45) is 3.99. The van der Waals surface area contributed by atoms with Gasteiger partial charge in [0, 0.05) is 19.5 Å². The summed E-state index contributed by atoms with van der Waals surface area (Å²) in [5.74, 6) is -0.717. The first kappa shape index (κ1) is 17.3. The van der Waals surface area contributed by atoms with Crippen LogP contribution in [-0.2, 0) is 4.79 Å². The number of carboxylic acids is 1. The highest BCUT2D eigenvalue weighted by atomic mass is 35.5. The Bertz CT molecular complexity index is 765. The first-order valence-corrected chi connectivity index (χ1v) is 8.46. The molecule has 2 aromatic rings. The zero-order valence-electron chi connectivity index (χ0n) is 13.5. The predicted molar refractivity (Wildman–Crippen MR) is 89.7 cm³/mol. The molecule has 1 atom stereocenters. The molecule has 1 N–H and O–H groups in total. The van der Waals surface area contributed by atoms with Gasteiger partial charge < -0.3 is 10.0 Å². The molecule has 8 nitrogen and oxygen atoms in total. The molecule has 1 aliphatic heterocycles. The summed E-state index contributed by atoms with van der Waals surface area (Å²) in [6, 6.07) is 5.06. The van der Waals surface area contributed by atoms with Crippen LogP contribution in [-0.4, -0.2) is 55.2 Å². The number of halogens is 1. The molecule has 0 spiro atoms. The zero-order chi connectivity index (χ0) is 17.8. The van der Waals surface area contributed by atoms with E-state index in [1.54, 1.807) is 23.1 Å². The fourth-order valence-electron chi connectivity index (χ4n) is 3.08. The van der Waals surface area contributed by atoms with Crippen LogP contribution in [0.25, 0.3) is 5.69 Å². The van der Waals surface area contributed by atoms with Gasteiger partial charge in [-0.25, -0.2) is 4.68 Å². The number of amides is 1. The Labute approximate surface area is 149 Å². The van der Waals surface area contributed by atoms with Crippen LogP contribution in [0.15, 0.2) is 24.5 Å². The number of benzene rings is 1. The molecule has 1 fully saturated rings. The smallest absolute Gasteiger partial charge is 0.303 e. The highest BCUT2D eigenvalue weighted by Gasteiger charge is 2.26. The van der Waals surface area contributed by atoms with Crippen LogP contribution in [0.1, 0.15) is 36.0 Å². The number of carbonyl (C=O) groups is 2. The van der Waals surface area contributed by atoms with E-state index in [0.29, 0.717) is 35.8 Å². The van der Waals surface area contributed by atoms with Crippen molar-refractivity contribution in [2.24, 2.45) is 5.92 Å². The van der Waals surface area contributed by atoms with E-state index in [9.17, 15) is 9.59 Å². The van der Waals surface area contributed by atoms with Gasteiger partial charge in [-0.05, 0) is 53.8 Å². The molecular formula is C16H18ClN5O3. The van der Waals surface area contributed by atoms with Crippen LogP contribution >= 0.6 is 11.6 Å². The molecular weight excluding hydrogens is 346 g/mol. The van der Waals surface area contributed by atoms with Crippen LogP contribution in [0.4, 0.5) is 0 Å². The maximum atomic E-state index is 12.8. The van der Waals surface area contributed by atoms with Crippen molar-refractivity contribution < 1.29 is 14.7 Å². The molecule has 3 rings (SSSR count). The summed E-state index contributed by atoms with van der Waals surface area (Å²) >= 11 is 6.29. The number of piperidine rings is 1. The molecule has 0 bridgehead atoms. The number of hydrogen-bond acceptors (Lipinski definition) is 5. The van der Waals surface area contributed by atoms with Gasteiger partial charge in [-0.1, -0.05) is 11.6 Å². The van der Waals surface area contributed by atoms with Gasteiger partial charge >= 0.3 is 5.97 Å². The maximum Gasteiger partial charge on any atom is 0.303 e. The maximum absolute atomic E-state index is 12.8. The minimum atomic E-state index is -0.801. The number of hydrogen-bond donors (Lipinski definition) is 1. The molecule has 0 saturated carbocycles. The molecule has 1 saturated heterocycles. The van der Waals surface area contributed by atoms with Crippen LogP contribution in [0, 0.1) is 5.92 Å². The Morgan fingerprint density at radius 3 is 2.88 bits per heavy atom. The van der Waals surface area contributed by atoms with E-state index in [2.05, 4.69) is 15.5 Å². The van der Waals surface area contributed by atoms with Crippen LogP contribution in [0.5, 0.6) is 0 Å². The number of aromatic nitrogens is 4. The first-order valence-electron chi connectivity index (χ1n) is 8.08. The van der Waals surface area contributed by atoms with Crippen molar-refractivity contribution in [3.05, 3.63) is 35.1 Å². The van der Waals surface area contributed by atoms with Crippen LogP contribution in [0.2, 0.25) is 5.02 Å². The molecule has 0 aliphatic carbocycles. The van der Waals surface area contributed by atoms with E-state index >= 15 is 0 Å². The molecule has 1 unspecified atom stereocenters. The van der Waals surface area contributed by atoms with E-state index < -0.39 is 5.97 Å². The summed E-state index contributed by atoms with van der Waals surface area (Å²) in [7, 11) is 0. The van der Waals surface area contributed by atoms with E-state index in [1.165, 1.54) is 11.0 Å². The van der Waals surface area contributed by atoms with Crippen molar-refractivity contribution in [1.82, 2.24) is 25.1 Å². The number of carbonyl (C=O) groups excluding carboxylic acids is 1. The Kier molecular flexibility index (Phi) is 5.28. The summed E-state index contributed by atoms with van der Waals surface area (Å²) in [4.78, 5) is 25.3. The molecule has 1 aromatic heterocycles. The fraction of sp³-hybridized carbons (Fsp3) is 0.438. The van der Waals surface area contributed by atoms with Crippen LogP contribution < -0.4 is 0 Å². The number of likely N-dealkylation sites (tertiary alicyclic amines) is 1. The van der Waals surface area contributed by atoms with E-state index in [0.717, 1.165) is 12.8 Å². The minimum Gasteiger partial charge on any atom is -0.481 e. The van der Waals surface area contributed by atoms with Gasteiger partial charge in [-0.15, -0.1) is 5.10 Å². The Balaban J connectivity index is 1.71. The second-order valence-electron chi connectivity index (χ2n) is 6.11. The quantitative estimate of drug-likeness (QED) is 0.872. The summed E-state index contributed by atoms with van der Waals surface area (Å²) < 4.78 is 1.46. The fourth-order valence-corrected chi connectivity index (χ4v) is 3.34. The van der Waals surface area contributed by atoms with E-state index in [-0.39, 0.29) is 18.2 Å². The molecule has 0 radical (unpaired) electrons. The van der Waals surface area contributed by atoms with Gasteiger partial charge in [0.2, 0.25) is 0 Å². The standard InChI is InChI=1S/C16H18ClN5O3/c17-14-8-12(22-10-18-19-20-22)4-5-13(14)16(25)21-7-1-2-11(9-21)3-6-15(23)24/h4-5,8,10-11H,1-3,6-7,9H2,(H,23,24). The summed E-state index contributed by atoms with van der Waals surface area (Å²) in [6.45, 7) is 1.23. The molecule has 132 valence electrons. The van der Waals surface area contributed by atoms with Crippen molar-refractivity contribution in [1.29, 1.82) is 0 Å². The third-order valence-corrected chi connectivity index (χ3v) is 4.68. The molecule has 1 aromatic carbocycles. The number of aliphatic carboxylic acids is 1. The summed E-state index contributed by atoms with van der Waals surface area (Å²) in [5, 5.41) is 20.1. The zero-order valence-corrected chi connectivity index (χ0v) is 14.3. The van der Waals surface area contributed by atoms with Crippen LogP contribution in [0.3, 0.4) is 0 Å². The minimum absolute atomic E-state index is 0.131. The monoisotopic (exact) mass is 363 g/mol. The van der Waals surface area contributed by atoms with E-state index in [4.69, 9.17) is 16.7 Å². The second kappa shape index (κ2) is 7.60. The predicted octanol–water partition coefficient (Wildman–Crippen LogP) is 2.03. The molecule has 25 heavy (non-hydrogen) atoms. The van der Waals surface area contributed by atoms with E-state index in [1.807, 2.05) is 0 Å². The van der Waals surface area contributed by atoms with Crippen molar-refractivity contribution in [2.75, 3.05) is 13.1 Å². The number of rotatable bonds is 5. The summed E-state index contributed by atoms with van der Waals surface area (Å²) in [5.41, 5.74) is 1.10. The van der Waals surface area contributed by atoms with Crippen molar-refractivity contribution in [2.45, 2.75) is 25.7 Å². The molecule has 1 amide bonds. The van der Waals surface area contributed by atoms with Crippen molar-refractivity contribution >= 4 is 23.5 Å². The van der Waals surface area contributed by atoms with Gasteiger partial charge in [-0.2, -0.15) is 0 Å². The van der Waals surface area contributed by atoms with Gasteiger partial charge in [-0.3, -0.25) is 9.59 Å². The third kappa shape index (κ3) is 4.14. The lowest BCUT2D eigenvalue weighted by molar-refractivity contribution is -0.137. The molecule has 9 heteroatoms. The molecule has 2 heterocycles. The third-order valence-electron chi connectivity index (χ3n) is 4.37. The topological polar surface area (TPSA) is 101 Å². The SMILES string of the molecule is O=C(O)CCC1CCCN(C(=O)c2ccc(-n3cnnn3)cc2Cl)C1. The van der Waals surface area contributed by atoms with Gasteiger partial charge in [0.05, 0.1) is 16.3 Å². The lowest BCUT2D eigenvalue weighted by atomic mass is 9.93. The number of nitrogens with zero attached hydrogens (tertiary/aromatic N) is 5. The van der Waals surface area contributed by atoms with Gasteiger partial charge in [0.25, 0.3) is 5.91 Å². The van der Waals surface area contributed by atoms with Gasteiger partial charge in [0.15, 0.2) is 0 Å². The number of tetrazole rings is 1. The normalized spacial score (nSPS) is 17.5. The Morgan fingerprint density at radius 1 is 1.36 bits per heavy atom. The average molecular weight is 364 g/mol. The Morgan fingerprint density at radius 2 is 2.20 bits per heavy atom. The lowest BCUT2D eigenvalue weighted by Crippen LogP contribution is -2.40. The first-order chi connectivity index (χ1) is 12.0. The second-order valence-corrected chi connectivity index (χ2v) is 6.52. The number of carboxylic acid groups (broad SMARTS) is 1. The highest BCUT2D eigenvalue weighted by Crippen LogP contribution is 2.26. The van der Waals surface area contributed by atoms with Gasteiger partial charge in [0.1, 0.15) is 6.33 Å².